The molecule has 0 fully saturated rings. The zero-order valence-corrected chi connectivity index (χ0v) is 11.7. The summed E-state index contributed by atoms with van der Waals surface area (Å²) in [5.41, 5.74) is 2.07. The molecule has 0 aliphatic heterocycles. The van der Waals surface area contributed by atoms with E-state index in [1.165, 1.54) is 11.8 Å². The Morgan fingerprint density at radius 1 is 1.22 bits per heavy atom. The predicted octanol–water partition coefficient (Wildman–Crippen LogP) is 0.744. The number of aliphatic hydroxyl groups is 1. The minimum atomic E-state index is -2.92. The highest BCUT2D eigenvalue weighted by molar-refractivity contribution is 7.90. The summed E-state index contributed by atoms with van der Waals surface area (Å²) in [5, 5.41) is 12.1. The van der Waals surface area contributed by atoms with Crippen molar-refractivity contribution in [3.8, 4) is 0 Å². The summed E-state index contributed by atoms with van der Waals surface area (Å²) < 4.78 is 22.2. The Kier molecular flexibility index (Phi) is 5.78. The lowest BCUT2D eigenvalue weighted by molar-refractivity contribution is 0.282. The van der Waals surface area contributed by atoms with E-state index in [2.05, 4.69) is 5.32 Å². The Morgan fingerprint density at radius 2 is 1.78 bits per heavy atom. The third kappa shape index (κ3) is 6.14. The van der Waals surface area contributed by atoms with Gasteiger partial charge in [0.2, 0.25) is 0 Å². The molecule has 1 aromatic carbocycles. The smallest absolute Gasteiger partial charge is 0.148 e. The van der Waals surface area contributed by atoms with Gasteiger partial charge in [0.25, 0.3) is 0 Å². The van der Waals surface area contributed by atoms with Crippen LogP contribution in [-0.2, 0) is 22.9 Å². The number of aliphatic hydroxyl groups excluding tert-OH is 1. The average Bonchev–Trinajstić information content (AvgIpc) is 2.27. The van der Waals surface area contributed by atoms with Gasteiger partial charge in [-0.05, 0) is 31.0 Å². The summed E-state index contributed by atoms with van der Waals surface area (Å²) in [6.45, 7) is 2.68. The molecule has 5 heteroatoms. The molecule has 2 N–H and O–H groups in total. The first-order valence-corrected chi connectivity index (χ1v) is 8.06. The first-order valence-electron chi connectivity index (χ1n) is 6.00. The molecule has 0 saturated heterocycles. The molecule has 0 bridgehead atoms. The highest BCUT2D eigenvalue weighted by atomic mass is 32.2. The summed E-state index contributed by atoms with van der Waals surface area (Å²) >= 11 is 0. The van der Waals surface area contributed by atoms with E-state index in [4.69, 9.17) is 5.11 Å². The molecule has 0 aliphatic rings. The Hall–Kier alpha value is -0.910. The van der Waals surface area contributed by atoms with Gasteiger partial charge in [0.15, 0.2) is 0 Å². The second-order valence-corrected chi connectivity index (χ2v) is 6.86. The molecule has 0 heterocycles. The lowest BCUT2D eigenvalue weighted by atomic mass is 10.1. The summed E-state index contributed by atoms with van der Waals surface area (Å²) in [6.07, 6.45) is 2.10. The average molecular weight is 271 g/mol. The van der Waals surface area contributed by atoms with E-state index in [1.54, 1.807) is 0 Å². The number of nitrogens with one attached hydrogen (secondary N) is 1. The molecular formula is C13H21NO3S. The lowest BCUT2D eigenvalue weighted by Crippen LogP contribution is -2.34. The van der Waals surface area contributed by atoms with Gasteiger partial charge < -0.3 is 10.4 Å². The highest BCUT2D eigenvalue weighted by Gasteiger charge is 2.09. The van der Waals surface area contributed by atoms with E-state index in [0.29, 0.717) is 0 Å². The van der Waals surface area contributed by atoms with Gasteiger partial charge in [-0.2, -0.15) is 0 Å². The lowest BCUT2D eigenvalue weighted by Gasteiger charge is -2.12. The molecule has 0 radical (unpaired) electrons. The minimum absolute atomic E-state index is 0.0308. The van der Waals surface area contributed by atoms with Gasteiger partial charge in [-0.15, -0.1) is 0 Å². The number of hydrogen-bond acceptors (Lipinski definition) is 4. The third-order valence-corrected chi connectivity index (χ3v) is 3.77. The van der Waals surface area contributed by atoms with Crippen molar-refractivity contribution >= 4 is 9.84 Å². The number of sulfone groups is 1. The van der Waals surface area contributed by atoms with E-state index in [0.717, 1.165) is 18.5 Å². The Labute approximate surface area is 109 Å². The van der Waals surface area contributed by atoms with Gasteiger partial charge in [0.1, 0.15) is 9.84 Å². The summed E-state index contributed by atoms with van der Waals surface area (Å²) in [4.78, 5) is 0. The Morgan fingerprint density at radius 3 is 2.28 bits per heavy atom. The van der Waals surface area contributed by atoms with Crippen LogP contribution in [0.15, 0.2) is 24.3 Å². The van der Waals surface area contributed by atoms with Crippen molar-refractivity contribution in [1.82, 2.24) is 5.32 Å². The first kappa shape index (κ1) is 15.1. The Balaban J connectivity index is 2.32. The van der Waals surface area contributed by atoms with Crippen LogP contribution in [0.4, 0.5) is 0 Å². The molecule has 1 atom stereocenters. The van der Waals surface area contributed by atoms with E-state index in [9.17, 15) is 8.42 Å². The summed E-state index contributed by atoms with van der Waals surface area (Å²) in [5.74, 6) is 0.163. The predicted molar refractivity (Wildman–Crippen MR) is 73.2 cm³/mol. The maximum Gasteiger partial charge on any atom is 0.148 e. The van der Waals surface area contributed by atoms with Crippen LogP contribution >= 0.6 is 0 Å². The van der Waals surface area contributed by atoms with E-state index in [1.807, 2.05) is 31.2 Å². The van der Waals surface area contributed by atoms with Gasteiger partial charge in [-0.25, -0.2) is 8.42 Å². The normalized spacial score (nSPS) is 13.5. The van der Waals surface area contributed by atoms with Crippen molar-refractivity contribution < 1.29 is 13.5 Å². The van der Waals surface area contributed by atoms with Crippen LogP contribution in [0.1, 0.15) is 18.1 Å². The molecule has 1 unspecified atom stereocenters. The fraction of sp³-hybridized carbons (Fsp3) is 0.538. The van der Waals surface area contributed by atoms with Gasteiger partial charge in [0.05, 0.1) is 12.4 Å². The van der Waals surface area contributed by atoms with E-state index < -0.39 is 9.84 Å². The monoisotopic (exact) mass is 271 g/mol. The third-order valence-electron chi connectivity index (χ3n) is 2.66. The molecule has 18 heavy (non-hydrogen) atoms. The molecule has 1 aromatic rings. The fourth-order valence-corrected chi connectivity index (χ4v) is 2.81. The molecule has 0 aromatic heterocycles. The van der Waals surface area contributed by atoms with Crippen molar-refractivity contribution in [2.24, 2.45) is 0 Å². The molecule has 0 saturated carbocycles. The number of hydrogen-bond donors (Lipinski definition) is 2. The molecule has 4 nitrogen and oxygen atoms in total. The standard InChI is InChI=1S/C13H21NO3S/c1-11(10-18(2,16)17)14-8-7-12-3-5-13(9-15)6-4-12/h3-6,11,14-15H,7-10H2,1-2H3. The Bertz CT molecular complexity index is 454. The van der Waals surface area contributed by atoms with Gasteiger partial charge in [-0.3, -0.25) is 0 Å². The maximum absolute atomic E-state index is 11.1. The molecule has 0 aliphatic carbocycles. The maximum atomic E-state index is 11.1. The number of rotatable bonds is 7. The molecular weight excluding hydrogens is 250 g/mol. The van der Waals surface area contributed by atoms with Gasteiger partial charge >= 0.3 is 0 Å². The molecule has 0 spiro atoms. The largest absolute Gasteiger partial charge is 0.392 e. The zero-order valence-electron chi connectivity index (χ0n) is 10.9. The van der Waals surface area contributed by atoms with E-state index >= 15 is 0 Å². The first-order chi connectivity index (χ1) is 8.40. The van der Waals surface area contributed by atoms with Crippen LogP contribution in [0.3, 0.4) is 0 Å². The van der Waals surface area contributed by atoms with Crippen LogP contribution in [0.5, 0.6) is 0 Å². The van der Waals surface area contributed by atoms with Crippen LogP contribution in [0, 0.1) is 0 Å². The van der Waals surface area contributed by atoms with Crippen molar-refractivity contribution in [3.63, 3.8) is 0 Å². The fourth-order valence-electron chi connectivity index (χ4n) is 1.79. The molecule has 0 amide bonds. The van der Waals surface area contributed by atoms with Crippen molar-refractivity contribution in [2.45, 2.75) is 26.0 Å². The minimum Gasteiger partial charge on any atom is -0.392 e. The second kappa shape index (κ2) is 6.87. The summed E-state index contributed by atoms with van der Waals surface area (Å²) in [7, 11) is -2.92. The van der Waals surface area contributed by atoms with Crippen molar-refractivity contribution in [2.75, 3.05) is 18.6 Å². The van der Waals surface area contributed by atoms with Crippen LogP contribution in [0.25, 0.3) is 0 Å². The zero-order chi connectivity index (χ0) is 13.6. The van der Waals surface area contributed by atoms with E-state index in [-0.39, 0.29) is 18.4 Å². The van der Waals surface area contributed by atoms with Gasteiger partial charge in [0, 0.05) is 12.3 Å². The van der Waals surface area contributed by atoms with Crippen LogP contribution in [-0.4, -0.2) is 38.1 Å². The van der Waals surface area contributed by atoms with Crippen LogP contribution in [0.2, 0.25) is 0 Å². The second-order valence-electron chi connectivity index (χ2n) is 4.67. The molecule has 1 rings (SSSR count). The van der Waals surface area contributed by atoms with Crippen molar-refractivity contribution in [3.05, 3.63) is 35.4 Å². The van der Waals surface area contributed by atoms with Crippen LogP contribution < -0.4 is 5.32 Å². The molecule has 102 valence electrons. The van der Waals surface area contributed by atoms with Crippen molar-refractivity contribution in [1.29, 1.82) is 0 Å². The number of benzene rings is 1. The quantitative estimate of drug-likeness (QED) is 0.768. The highest BCUT2D eigenvalue weighted by Crippen LogP contribution is 2.04. The SMILES string of the molecule is CC(CS(C)(=O)=O)NCCc1ccc(CO)cc1. The van der Waals surface area contributed by atoms with Gasteiger partial charge in [-0.1, -0.05) is 24.3 Å². The topological polar surface area (TPSA) is 66.4 Å². The summed E-state index contributed by atoms with van der Waals surface area (Å²) in [6, 6.07) is 7.73.